The summed E-state index contributed by atoms with van der Waals surface area (Å²) in [4.78, 5) is 9.77. The van der Waals surface area contributed by atoms with Crippen LogP contribution in [0.4, 0.5) is 5.13 Å². The fourth-order valence-electron chi connectivity index (χ4n) is 4.15. The van der Waals surface area contributed by atoms with Gasteiger partial charge in [-0.1, -0.05) is 30.3 Å². The molecule has 0 N–H and O–H groups in total. The maximum atomic E-state index is 5.86. The monoisotopic (exact) mass is 372 g/mol. The lowest BCUT2D eigenvalue weighted by Gasteiger charge is -2.39. The highest BCUT2D eigenvalue weighted by atomic mass is 32.1. The lowest BCUT2D eigenvalue weighted by Crippen LogP contribution is -2.48. The largest absolute Gasteiger partial charge is 0.373 e. The first-order valence-corrected chi connectivity index (χ1v) is 10.5. The van der Waals surface area contributed by atoms with Gasteiger partial charge in [-0.25, -0.2) is 0 Å². The summed E-state index contributed by atoms with van der Waals surface area (Å²) in [5.74, 6) is 1.63. The van der Waals surface area contributed by atoms with Crippen molar-refractivity contribution in [3.8, 4) is 11.4 Å². The first-order valence-electron chi connectivity index (χ1n) is 9.69. The highest BCUT2D eigenvalue weighted by Gasteiger charge is 2.27. The zero-order valence-corrected chi connectivity index (χ0v) is 16.5. The Hall–Kier alpha value is -1.50. The molecule has 2 aliphatic heterocycles. The van der Waals surface area contributed by atoms with Gasteiger partial charge >= 0.3 is 0 Å². The van der Waals surface area contributed by atoms with Gasteiger partial charge < -0.3 is 9.64 Å². The summed E-state index contributed by atoms with van der Waals surface area (Å²) < 4.78 is 10.4. The number of hydrogen-bond acceptors (Lipinski definition) is 6. The SMILES string of the molecule is CC1CN(CC2CCN(c3nc(-c4ccccc4)ns3)CC2)CC(C)O1. The van der Waals surface area contributed by atoms with Crippen molar-refractivity contribution in [3.63, 3.8) is 0 Å². The van der Waals surface area contributed by atoms with Crippen molar-refractivity contribution in [2.75, 3.05) is 37.6 Å². The zero-order valence-electron chi connectivity index (χ0n) is 15.7. The van der Waals surface area contributed by atoms with Crippen molar-refractivity contribution in [2.45, 2.75) is 38.9 Å². The first kappa shape index (κ1) is 17.9. The molecular weight excluding hydrogens is 344 g/mol. The smallest absolute Gasteiger partial charge is 0.205 e. The van der Waals surface area contributed by atoms with Crippen LogP contribution in [0.3, 0.4) is 0 Å². The van der Waals surface area contributed by atoms with Gasteiger partial charge in [0.15, 0.2) is 5.82 Å². The van der Waals surface area contributed by atoms with Gasteiger partial charge in [0.1, 0.15) is 0 Å². The van der Waals surface area contributed by atoms with Crippen molar-refractivity contribution < 1.29 is 4.74 Å². The Bertz CT molecular complexity index is 689. The third-order valence-electron chi connectivity index (χ3n) is 5.34. The van der Waals surface area contributed by atoms with Crippen LogP contribution >= 0.6 is 11.5 Å². The molecule has 5 nitrogen and oxygen atoms in total. The van der Waals surface area contributed by atoms with Crippen LogP contribution in [0.5, 0.6) is 0 Å². The van der Waals surface area contributed by atoms with Crippen LogP contribution in [0.15, 0.2) is 30.3 Å². The van der Waals surface area contributed by atoms with Crippen LogP contribution in [0, 0.1) is 5.92 Å². The molecule has 1 aromatic heterocycles. The number of anilines is 1. The minimum Gasteiger partial charge on any atom is -0.373 e. The number of piperidine rings is 1. The molecule has 0 bridgehead atoms. The molecule has 140 valence electrons. The molecule has 0 radical (unpaired) electrons. The summed E-state index contributed by atoms with van der Waals surface area (Å²) in [6, 6.07) is 10.2. The minimum atomic E-state index is 0.358. The molecule has 2 unspecified atom stereocenters. The lowest BCUT2D eigenvalue weighted by atomic mass is 9.96. The Morgan fingerprint density at radius 2 is 1.77 bits per heavy atom. The minimum absolute atomic E-state index is 0.358. The normalized spacial score (nSPS) is 25.5. The molecule has 6 heteroatoms. The molecule has 0 aliphatic carbocycles. The van der Waals surface area contributed by atoms with E-state index in [9.17, 15) is 0 Å². The summed E-state index contributed by atoms with van der Waals surface area (Å²) in [6.45, 7) is 9.89. The number of morpholine rings is 1. The summed E-state index contributed by atoms with van der Waals surface area (Å²) >= 11 is 1.53. The molecule has 2 aromatic rings. The van der Waals surface area contributed by atoms with Gasteiger partial charge in [0.2, 0.25) is 5.13 Å². The van der Waals surface area contributed by atoms with E-state index in [1.807, 2.05) is 18.2 Å². The van der Waals surface area contributed by atoms with E-state index >= 15 is 0 Å². The molecule has 1 aromatic carbocycles. The Labute approximate surface area is 160 Å². The molecule has 0 amide bonds. The van der Waals surface area contributed by atoms with E-state index in [1.54, 1.807) is 0 Å². The van der Waals surface area contributed by atoms with Gasteiger partial charge in [-0.3, -0.25) is 4.90 Å². The van der Waals surface area contributed by atoms with Crippen LogP contribution in [0.1, 0.15) is 26.7 Å². The fraction of sp³-hybridized carbons (Fsp3) is 0.600. The molecule has 2 aliphatic rings. The first-order chi connectivity index (χ1) is 12.7. The van der Waals surface area contributed by atoms with Gasteiger partial charge in [0, 0.05) is 49.8 Å². The second-order valence-electron chi connectivity index (χ2n) is 7.67. The Kier molecular flexibility index (Phi) is 5.52. The van der Waals surface area contributed by atoms with Crippen LogP contribution in [-0.2, 0) is 4.74 Å². The molecule has 2 fully saturated rings. The number of aromatic nitrogens is 2. The highest BCUT2D eigenvalue weighted by molar-refractivity contribution is 7.09. The number of ether oxygens (including phenoxy) is 1. The average molecular weight is 373 g/mol. The highest BCUT2D eigenvalue weighted by Crippen LogP contribution is 2.28. The van der Waals surface area contributed by atoms with Crippen molar-refractivity contribution in [1.29, 1.82) is 0 Å². The van der Waals surface area contributed by atoms with Gasteiger partial charge in [-0.05, 0) is 32.6 Å². The van der Waals surface area contributed by atoms with Crippen molar-refractivity contribution in [3.05, 3.63) is 30.3 Å². The summed E-state index contributed by atoms with van der Waals surface area (Å²) in [7, 11) is 0. The zero-order chi connectivity index (χ0) is 17.9. The maximum Gasteiger partial charge on any atom is 0.205 e. The Morgan fingerprint density at radius 3 is 2.46 bits per heavy atom. The average Bonchev–Trinajstić information content (AvgIpc) is 3.12. The maximum absolute atomic E-state index is 5.86. The van der Waals surface area contributed by atoms with Crippen LogP contribution in [0.25, 0.3) is 11.4 Å². The third kappa shape index (κ3) is 4.24. The van der Waals surface area contributed by atoms with E-state index in [-0.39, 0.29) is 0 Å². The van der Waals surface area contributed by atoms with E-state index in [4.69, 9.17) is 9.72 Å². The molecule has 3 heterocycles. The number of hydrogen-bond donors (Lipinski definition) is 0. The quantitative estimate of drug-likeness (QED) is 0.821. The topological polar surface area (TPSA) is 41.5 Å². The predicted octanol–water partition coefficient (Wildman–Crippen LogP) is 3.53. The lowest BCUT2D eigenvalue weighted by molar-refractivity contribution is -0.0720. The third-order valence-corrected chi connectivity index (χ3v) is 6.12. The molecular formula is C20H28N4OS. The van der Waals surface area contributed by atoms with E-state index < -0.39 is 0 Å². The van der Waals surface area contributed by atoms with Crippen molar-refractivity contribution in [2.24, 2.45) is 5.92 Å². The molecule has 26 heavy (non-hydrogen) atoms. The van der Waals surface area contributed by atoms with Crippen LogP contribution in [0.2, 0.25) is 0 Å². The van der Waals surface area contributed by atoms with E-state index in [2.05, 4.69) is 40.2 Å². The van der Waals surface area contributed by atoms with Crippen LogP contribution in [-0.4, -0.2) is 59.2 Å². The van der Waals surface area contributed by atoms with E-state index in [0.717, 1.165) is 48.6 Å². The van der Waals surface area contributed by atoms with Gasteiger partial charge in [0.05, 0.1) is 12.2 Å². The second-order valence-corrected chi connectivity index (χ2v) is 8.40. The predicted molar refractivity (Wildman–Crippen MR) is 107 cm³/mol. The molecule has 0 spiro atoms. The van der Waals surface area contributed by atoms with E-state index in [1.165, 1.54) is 30.9 Å². The second kappa shape index (κ2) is 8.03. The molecule has 2 saturated heterocycles. The van der Waals surface area contributed by atoms with Crippen LogP contribution < -0.4 is 4.90 Å². The van der Waals surface area contributed by atoms with E-state index in [0.29, 0.717) is 12.2 Å². The molecule has 0 saturated carbocycles. The number of nitrogens with zero attached hydrogens (tertiary/aromatic N) is 4. The summed E-state index contributed by atoms with van der Waals surface area (Å²) in [5.41, 5.74) is 1.10. The molecule has 2 atom stereocenters. The summed E-state index contributed by atoms with van der Waals surface area (Å²) in [6.07, 6.45) is 3.19. The number of rotatable bonds is 4. The summed E-state index contributed by atoms with van der Waals surface area (Å²) in [5, 5.41) is 1.07. The standard InChI is InChI=1S/C20H28N4OS/c1-15-12-23(13-16(2)25-15)14-17-8-10-24(11-9-17)20-21-19(22-26-20)18-6-4-3-5-7-18/h3-7,15-17H,8-14H2,1-2H3. The molecule has 4 rings (SSSR count). The van der Waals surface area contributed by atoms with Crippen molar-refractivity contribution >= 4 is 16.7 Å². The Balaban J connectivity index is 1.31. The fourth-order valence-corrected chi connectivity index (χ4v) is 4.89. The van der Waals surface area contributed by atoms with Crippen molar-refractivity contribution in [1.82, 2.24) is 14.3 Å². The Morgan fingerprint density at radius 1 is 1.08 bits per heavy atom. The van der Waals surface area contributed by atoms with Gasteiger partial charge in [-0.15, -0.1) is 0 Å². The number of benzene rings is 1. The van der Waals surface area contributed by atoms with Gasteiger partial charge in [-0.2, -0.15) is 9.36 Å². The van der Waals surface area contributed by atoms with Gasteiger partial charge in [0.25, 0.3) is 0 Å².